The zero-order chi connectivity index (χ0) is 13.2. The highest BCUT2D eigenvalue weighted by molar-refractivity contribution is 5.36. The normalized spacial score (nSPS) is 32.0. The standard InChI is InChI=1S/C18H27N/c1-13-6-5-8-15(12-13)18(19-2)17-11-10-14-7-3-4-9-16(14)17/h3-4,7,9,13,15,17-19H,5-6,8,10-12H2,1-2H3. The molecular weight excluding hydrogens is 230 g/mol. The number of nitrogens with one attached hydrogen (secondary N) is 1. The van der Waals surface area contributed by atoms with Gasteiger partial charge in [-0.05, 0) is 55.7 Å². The average Bonchev–Trinajstić information content (AvgIpc) is 2.84. The Kier molecular flexibility index (Phi) is 3.93. The lowest BCUT2D eigenvalue weighted by Gasteiger charge is -2.36. The van der Waals surface area contributed by atoms with Gasteiger partial charge in [-0.1, -0.05) is 44.0 Å². The second kappa shape index (κ2) is 5.66. The second-order valence-electron chi connectivity index (χ2n) is 6.69. The van der Waals surface area contributed by atoms with Crippen LogP contribution in [0.5, 0.6) is 0 Å². The fourth-order valence-electron chi connectivity index (χ4n) is 4.54. The maximum atomic E-state index is 3.68. The highest BCUT2D eigenvalue weighted by Gasteiger charge is 2.35. The summed E-state index contributed by atoms with van der Waals surface area (Å²) in [5.74, 6) is 2.55. The molecule has 1 saturated carbocycles. The minimum absolute atomic E-state index is 0.686. The molecule has 0 saturated heterocycles. The van der Waals surface area contributed by atoms with Gasteiger partial charge in [0.1, 0.15) is 0 Å². The van der Waals surface area contributed by atoms with Crippen LogP contribution in [0.15, 0.2) is 24.3 Å². The van der Waals surface area contributed by atoms with Crippen LogP contribution in [-0.4, -0.2) is 13.1 Å². The van der Waals surface area contributed by atoms with Crippen LogP contribution >= 0.6 is 0 Å². The van der Waals surface area contributed by atoms with Gasteiger partial charge < -0.3 is 5.32 Å². The SMILES string of the molecule is CNC(C1CCCC(C)C1)C1CCc2ccccc21. The van der Waals surface area contributed by atoms with Crippen molar-refractivity contribution in [1.29, 1.82) is 0 Å². The zero-order valence-corrected chi connectivity index (χ0v) is 12.4. The summed E-state index contributed by atoms with van der Waals surface area (Å²) in [6, 6.07) is 9.78. The molecule has 1 heteroatoms. The van der Waals surface area contributed by atoms with Crippen molar-refractivity contribution in [2.45, 2.75) is 57.4 Å². The summed E-state index contributed by atoms with van der Waals surface area (Å²) in [6.07, 6.45) is 8.34. The van der Waals surface area contributed by atoms with Crippen LogP contribution in [0.25, 0.3) is 0 Å². The molecule has 104 valence electrons. The first kappa shape index (κ1) is 13.2. The highest BCUT2D eigenvalue weighted by Crippen LogP contribution is 2.41. The molecule has 0 heterocycles. The maximum Gasteiger partial charge on any atom is 0.0161 e. The van der Waals surface area contributed by atoms with Crippen molar-refractivity contribution in [3.05, 3.63) is 35.4 Å². The van der Waals surface area contributed by atoms with E-state index in [1.54, 1.807) is 11.1 Å². The molecule has 2 aliphatic carbocycles. The molecule has 2 aliphatic rings. The Hall–Kier alpha value is -0.820. The number of fused-ring (bicyclic) bond motifs is 1. The summed E-state index contributed by atoms with van der Waals surface area (Å²) in [4.78, 5) is 0. The van der Waals surface area contributed by atoms with Crippen molar-refractivity contribution < 1.29 is 0 Å². The molecule has 0 radical (unpaired) electrons. The van der Waals surface area contributed by atoms with Gasteiger partial charge in [-0.25, -0.2) is 0 Å². The summed E-state index contributed by atoms with van der Waals surface area (Å²) >= 11 is 0. The monoisotopic (exact) mass is 257 g/mol. The maximum absolute atomic E-state index is 3.68. The Morgan fingerprint density at radius 1 is 1.16 bits per heavy atom. The molecule has 1 N–H and O–H groups in total. The van der Waals surface area contributed by atoms with Crippen molar-refractivity contribution >= 4 is 0 Å². The van der Waals surface area contributed by atoms with Crippen LogP contribution in [0.1, 0.15) is 56.1 Å². The van der Waals surface area contributed by atoms with Gasteiger partial charge in [0, 0.05) is 12.0 Å². The Balaban J connectivity index is 1.80. The van der Waals surface area contributed by atoms with E-state index >= 15 is 0 Å². The predicted octanol–water partition coefficient (Wildman–Crippen LogP) is 4.13. The van der Waals surface area contributed by atoms with E-state index in [0.717, 1.165) is 17.8 Å². The number of aryl methyl sites for hydroxylation is 1. The van der Waals surface area contributed by atoms with Gasteiger partial charge in [0.05, 0.1) is 0 Å². The molecule has 19 heavy (non-hydrogen) atoms. The molecule has 1 fully saturated rings. The van der Waals surface area contributed by atoms with E-state index in [1.165, 1.54) is 38.5 Å². The number of hydrogen-bond donors (Lipinski definition) is 1. The first-order valence-corrected chi connectivity index (χ1v) is 8.04. The third-order valence-corrected chi connectivity index (χ3v) is 5.43. The molecule has 0 aromatic heterocycles. The molecule has 1 aromatic carbocycles. The van der Waals surface area contributed by atoms with E-state index in [2.05, 4.69) is 43.6 Å². The lowest BCUT2D eigenvalue weighted by atomic mass is 9.74. The van der Waals surface area contributed by atoms with Gasteiger partial charge in [-0.2, -0.15) is 0 Å². The van der Waals surface area contributed by atoms with E-state index in [4.69, 9.17) is 0 Å². The lowest BCUT2D eigenvalue weighted by molar-refractivity contribution is 0.207. The van der Waals surface area contributed by atoms with Crippen LogP contribution in [-0.2, 0) is 6.42 Å². The third-order valence-electron chi connectivity index (χ3n) is 5.43. The number of hydrogen-bond acceptors (Lipinski definition) is 1. The lowest BCUT2D eigenvalue weighted by Crippen LogP contribution is -2.40. The Morgan fingerprint density at radius 2 is 2.00 bits per heavy atom. The van der Waals surface area contributed by atoms with Gasteiger partial charge in [0.25, 0.3) is 0 Å². The van der Waals surface area contributed by atoms with E-state index in [-0.39, 0.29) is 0 Å². The van der Waals surface area contributed by atoms with Gasteiger partial charge in [-0.15, -0.1) is 0 Å². The van der Waals surface area contributed by atoms with Crippen LogP contribution in [0, 0.1) is 11.8 Å². The quantitative estimate of drug-likeness (QED) is 0.858. The zero-order valence-electron chi connectivity index (χ0n) is 12.4. The molecule has 4 unspecified atom stereocenters. The van der Waals surface area contributed by atoms with Gasteiger partial charge in [0.2, 0.25) is 0 Å². The van der Waals surface area contributed by atoms with Gasteiger partial charge >= 0.3 is 0 Å². The fourth-order valence-corrected chi connectivity index (χ4v) is 4.54. The first-order valence-electron chi connectivity index (χ1n) is 8.04. The van der Waals surface area contributed by atoms with E-state index in [0.29, 0.717) is 6.04 Å². The summed E-state index contributed by atoms with van der Waals surface area (Å²) in [5.41, 5.74) is 3.22. The highest BCUT2D eigenvalue weighted by atomic mass is 14.9. The minimum Gasteiger partial charge on any atom is -0.316 e. The molecule has 3 rings (SSSR count). The Labute approximate surface area is 117 Å². The minimum atomic E-state index is 0.686. The average molecular weight is 257 g/mol. The summed E-state index contributed by atoms with van der Waals surface area (Å²) in [5, 5.41) is 3.68. The fraction of sp³-hybridized carbons (Fsp3) is 0.667. The molecular formula is C18H27N. The Morgan fingerprint density at radius 3 is 2.79 bits per heavy atom. The summed E-state index contributed by atoms with van der Waals surface area (Å²) in [6.45, 7) is 2.43. The van der Waals surface area contributed by atoms with Crippen LogP contribution < -0.4 is 5.32 Å². The third kappa shape index (κ3) is 2.58. The molecule has 0 spiro atoms. The van der Waals surface area contributed by atoms with Crippen molar-refractivity contribution in [1.82, 2.24) is 5.32 Å². The molecule has 0 amide bonds. The number of rotatable bonds is 3. The van der Waals surface area contributed by atoms with Crippen molar-refractivity contribution in [3.63, 3.8) is 0 Å². The van der Waals surface area contributed by atoms with Crippen LogP contribution in [0.4, 0.5) is 0 Å². The molecule has 1 aromatic rings. The number of benzene rings is 1. The summed E-state index contributed by atoms with van der Waals surface area (Å²) < 4.78 is 0. The van der Waals surface area contributed by atoms with Crippen LogP contribution in [0.2, 0.25) is 0 Å². The van der Waals surface area contributed by atoms with Gasteiger partial charge in [-0.3, -0.25) is 0 Å². The van der Waals surface area contributed by atoms with Crippen LogP contribution in [0.3, 0.4) is 0 Å². The molecule has 1 nitrogen and oxygen atoms in total. The first-order chi connectivity index (χ1) is 9.29. The second-order valence-corrected chi connectivity index (χ2v) is 6.69. The number of likely N-dealkylation sites (N-methyl/N-ethyl adjacent to an activating group) is 1. The van der Waals surface area contributed by atoms with Gasteiger partial charge in [0.15, 0.2) is 0 Å². The molecule has 4 atom stereocenters. The van der Waals surface area contributed by atoms with Crippen molar-refractivity contribution in [3.8, 4) is 0 Å². The molecule has 0 bridgehead atoms. The predicted molar refractivity (Wildman–Crippen MR) is 81.5 cm³/mol. The Bertz CT molecular complexity index is 425. The van der Waals surface area contributed by atoms with E-state index in [1.807, 2.05) is 0 Å². The largest absolute Gasteiger partial charge is 0.316 e. The topological polar surface area (TPSA) is 12.0 Å². The van der Waals surface area contributed by atoms with Crippen molar-refractivity contribution in [2.75, 3.05) is 7.05 Å². The summed E-state index contributed by atoms with van der Waals surface area (Å²) in [7, 11) is 2.17. The van der Waals surface area contributed by atoms with Crippen molar-refractivity contribution in [2.24, 2.45) is 11.8 Å². The molecule has 0 aliphatic heterocycles. The van der Waals surface area contributed by atoms with E-state index < -0.39 is 0 Å². The van der Waals surface area contributed by atoms with E-state index in [9.17, 15) is 0 Å². The smallest absolute Gasteiger partial charge is 0.0161 e.